The largest absolute Gasteiger partial charge is 0.494 e. The molecule has 0 saturated carbocycles. The standard InChI is InChI=1S/C21H24FN5O/c22-18-2-4-19(5-3-18)26-13-11-25(12-14-26)10-1-15-28-21-8-6-20(7-9-21)27-17-23-16-24-27/h2-9,16-17H,1,10-15H2. The lowest BCUT2D eigenvalue weighted by Crippen LogP contribution is -2.46. The number of hydrogen-bond acceptors (Lipinski definition) is 5. The van der Waals surface area contributed by atoms with Crippen molar-refractivity contribution in [3.63, 3.8) is 0 Å². The fraction of sp³-hybridized carbons (Fsp3) is 0.333. The molecule has 0 N–H and O–H groups in total. The van der Waals surface area contributed by atoms with Gasteiger partial charge in [-0.15, -0.1) is 0 Å². The molecule has 28 heavy (non-hydrogen) atoms. The van der Waals surface area contributed by atoms with Crippen LogP contribution >= 0.6 is 0 Å². The van der Waals surface area contributed by atoms with Crippen LogP contribution in [0.1, 0.15) is 6.42 Å². The lowest BCUT2D eigenvalue weighted by molar-refractivity contribution is 0.224. The van der Waals surface area contributed by atoms with Gasteiger partial charge in [-0.2, -0.15) is 5.10 Å². The lowest BCUT2D eigenvalue weighted by Gasteiger charge is -2.36. The summed E-state index contributed by atoms with van der Waals surface area (Å²) in [6.07, 6.45) is 4.18. The summed E-state index contributed by atoms with van der Waals surface area (Å²) in [7, 11) is 0. The van der Waals surface area contributed by atoms with Crippen LogP contribution in [0, 0.1) is 5.82 Å². The summed E-state index contributed by atoms with van der Waals surface area (Å²) in [6, 6.07) is 14.6. The van der Waals surface area contributed by atoms with E-state index in [2.05, 4.69) is 19.9 Å². The average molecular weight is 381 g/mol. The van der Waals surface area contributed by atoms with E-state index >= 15 is 0 Å². The Hall–Kier alpha value is -2.93. The minimum Gasteiger partial charge on any atom is -0.494 e. The quantitative estimate of drug-likeness (QED) is 0.589. The maximum atomic E-state index is 13.1. The second-order valence-electron chi connectivity index (χ2n) is 6.84. The molecule has 0 radical (unpaired) electrons. The minimum atomic E-state index is -0.185. The molecule has 1 saturated heterocycles. The van der Waals surface area contributed by atoms with Crippen molar-refractivity contribution < 1.29 is 9.13 Å². The number of halogens is 1. The summed E-state index contributed by atoms with van der Waals surface area (Å²) in [5.74, 6) is 0.681. The first-order valence-corrected chi connectivity index (χ1v) is 9.59. The van der Waals surface area contributed by atoms with E-state index in [4.69, 9.17) is 4.74 Å². The molecule has 7 heteroatoms. The molecule has 0 aliphatic carbocycles. The summed E-state index contributed by atoms with van der Waals surface area (Å²) < 4.78 is 20.6. The Morgan fingerprint density at radius 2 is 1.61 bits per heavy atom. The SMILES string of the molecule is Fc1ccc(N2CCN(CCCOc3ccc(-n4cncn4)cc3)CC2)cc1. The van der Waals surface area contributed by atoms with Crippen LogP contribution in [0.3, 0.4) is 0 Å². The van der Waals surface area contributed by atoms with E-state index < -0.39 is 0 Å². The van der Waals surface area contributed by atoms with E-state index in [9.17, 15) is 4.39 Å². The van der Waals surface area contributed by atoms with Gasteiger partial charge in [-0.25, -0.2) is 14.1 Å². The first kappa shape index (κ1) is 18.4. The molecule has 4 rings (SSSR count). The smallest absolute Gasteiger partial charge is 0.138 e. The highest BCUT2D eigenvalue weighted by atomic mass is 19.1. The number of benzene rings is 2. The zero-order valence-corrected chi connectivity index (χ0v) is 15.7. The first-order valence-electron chi connectivity index (χ1n) is 9.59. The van der Waals surface area contributed by atoms with Crippen LogP contribution in [0.5, 0.6) is 5.75 Å². The van der Waals surface area contributed by atoms with Crippen molar-refractivity contribution >= 4 is 5.69 Å². The molecule has 1 aliphatic rings. The summed E-state index contributed by atoms with van der Waals surface area (Å²) in [6.45, 7) is 5.69. The first-order chi connectivity index (χ1) is 13.8. The van der Waals surface area contributed by atoms with E-state index in [-0.39, 0.29) is 5.82 Å². The summed E-state index contributed by atoms with van der Waals surface area (Å²) in [5.41, 5.74) is 2.06. The van der Waals surface area contributed by atoms with E-state index in [1.165, 1.54) is 18.5 Å². The van der Waals surface area contributed by atoms with E-state index in [1.54, 1.807) is 11.0 Å². The third kappa shape index (κ3) is 4.67. The van der Waals surface area contributed by atoms with Gasteiger partial charge in [0.15, 0.2) is 0 Å². The van der Waals surface area contributed by atoms with Gasteiger partial charge in [-0.3, -0.25) is 4.90 Å². The number of aromatic nitrogens is 3. The minimum absolute atomic E-state index is 0.185. The topological polar surface area (TPSA) is 46.4 Å². The summed E-state index contributed by atoms with van der Waals surface area (Å²) >= 11 is 0. The van der Waals surface area contributed by atoms with Gasteiger partial charge in [0, 0.05) is 38.4 Å². The molecule has 0 bridgehead atoms. The van der Waals surface area contributed by atoms with Gasteiger partial charge in [0.2, 0.25) is 0 Å². The molecule has 1 aromatic heterocycles. The van der Waals surface area contributed by atoms with E-state index in [0.29, 0.717) is 6.61 Å². The van der Waals surface area contributed by atoms with Crippen LogP contribution in [-0.4, -0.2) is 59.0 Å². The molecule has 0 amide bonds. The molecule has 2 heterocycles. The molecule has 1 aliphatic heterocycles. The lowest BCUT2D eigenvalue weighted by atomic mass is 10.2. The Bertz CT molecular complexity index is 844. The van der Waals surface area contributed by atoms with Gasteiger partial charge in [0.25, 0.3) is 0 Å². The predicted octanol–water partition coefficient (Wildman–Crippen LogP) is 3.00. The Labute approximate surface area is 164 Å². The maximum Gasteiger partial charge on any atom is 0.138 e. The van der Waals surface area contributed by atoms with Crippen LogP contribution in [0.2, 0.25) is 0 Å². The number of ether oxygens (including phenoxy) is 1. The van der Waals surface area contributed by atoms with E-state index in [0.717, 1.165) is 56.3 Å². The van der Waals surface area contributed by atoms with Gasteiger partial charge >= 0.3 is 0 Å². The Kier molecular flexibility index (Phi) is 5.82. The monoisotopic (exact) mass is 381 g/mol. The maximum absolute atomic E-state index is 13.1. The number of hydrogen-bond donors (Lipinski definition) is 0. The van der Waals surface area contributed by atoms with Gasteiger partial charge in [-0.05, 0) is 55.0 Å². The highest BCUT2D eigenvalue weighted by molar-refractivity contribution is 5.46. The molecule has 1 fully saturated rings. The van der Waals surface area contributed by atoms with Gasteiger partial charge < -0.3 is 9.64 Å². The molecule has 6 nitrogen and oxygen atoms in total. The number of piperazine rings is 1. The zero-order valence-electron chi connectivity index (χ0n) is 15.7. The van der Waals surface area contributed by atoms with Gasteiger partial charge in [0.05, 0.1) is 12.3 Å². The van der Waals surface area contributed by atoms with Crippen LogP contribution in [0.15, 0.2) is 61.2 Å². The van der Waals surface area contributed by atoms with Crippen LogP contribution in [0.4, 0.5) is 10.1 Å². The second-order valence-corrected chi connectivity index (χ2v) is 6.84. The Morgan fingerprint density at radius 3 is 2.29 bits per heavy atom. The van der Waals surface area contributed by atoms with E-state index in [1.807, 2.05) is 36.4 Å². The van der Waals surface area contributed by atoms with Crippen molar-refractivity contribution in [3.05, 3.63) is 67.0 Å². The summed E-state index contributed by atoms with van der Waals surface area (Å²) in [4.78, 5) is 8.71. The number of anilines is 1. The fourth-order valence-corrected chi connectivity index (χ4v) is 3.40. The molecule has 0 unspecified atom stereocenters. The van der Waals surface area contributed by atoms with Gasteiger partial charge in [-0.1, -0.05) is 0 Å². The molecule has 2 aromatic carbocycles. The van der Waals surface area contributed by atoms with Crippen LogP contribution < -0.4 is 9.64 Å². The van der Waals surface area contributed by atoms with Crippen molar-refractivity contribution in [2.75, 3.05) is 44.2 Å². The highest BCUT2D eigenvalue weighted by Crippen LogP contribution is 2.17. The van der Waals surface area contributed by atoms with Crippen molar-refractivity contribution in [1.82, 2.24) is 19.7 Å². The zero-order chi connectivity index (χ0) is 19.2. The van der Waals surface area contributed by atoms with Crippen molar-refractivity contribution in [2.45, 2.75) is 6.42 Å². The average Bonchev–Trinajstić information content (AvgIpc) is 3.28. The second kappa shape index (κ2) is 8.84. The van der Waals surface area contributed by atoms with Crippen molar-refractivity contribution in [3.8, 4) is 11.4 Å². The van der Waals surface area contributed by atoms with Gasteiger partial charge in [0.1, 0.15) is 24.2 Å². The normalized spacial score (nSPS) is 15.0. The predicted molar refractivity (Wildman–Crippen MR) is 107 cm³/mol. The number of rotatable bonds is 7. The molecule has 0 spiro atoms. The molecular weight excluding hydrogens is 357 g/mol. The highest BCUT2D eigenvalue weighted by Gasteiger charge is 2.16. The fourth-order valence-electron chi connectivity index (χ4n) is 3.40. The third-order valence-electron chi connectivity index (χ3n) is 4.97. The van der Waals surface area contributed by atoms with Crippen molar-refractivity contribution in [2.24, 2.45) is 0 Å². The number of nitrogens with zero attached hydrogens (tertiary/aromatic N) is 5. The molecule has 3 aromatic rings. The van der Waals surface area contributed by atoms with Crippen molar-refractivity contribution in [1.29, 1.82) is 0 Å². The van der Waals surface area contributed by atoms with Crippen LogP contribution in [0.25, 0.3) is 5.69 Å². The summed E-state index contributed by atoms with van der Waals surface area (Å²) in [5, 5.41) is 4.11. The molecule has 146 valence electrons. The Morgan fingerprint density at radius 1 is 0.893 bits per heavy atom. The molecular formula is C21H24FN5O. The third-order valence-corrected chi connectivity index (χ3v) is 4.97. The Balaban J connectivity index is 1.16. The molecule has 0 atom stereocenters. The van der Waals surface area contributed by atoms with Crippen LogP contribution in [-0.2, 0) is 0 Å².